The minimum Gasteiger partial charge on any atom is -0.497 e. The quantitative estimate of drug-likeness (QED) is 0.909. The van der Waals surface area contributed by atoms with E-state index in [9.17, 15) is 0 Å². The van der Waals surface area contributed by atoms with E-state index in [0.29, 0.717) is 0 Å². The molecular formula is C15H19NO2S. The lowest BCUT2D eigenvalue weighted by atomic mass is 10.0. The van der Waals surface area contributed by atoms with Crippen molar-refractivity contribution in [2.24, 2.45) is 0 Å². The maximum Gasteiger partial charge on any atom is 0.124 e. The standard InChI is InChI=1S/C15H19NO2S/c1-10-5-8-14(19-10)15(16-2)12-9-11(17-3)6-7-13(12)18-4/h5-9,15-16H,1-4H3. The molecule has 4 heteroatoms. The van der Waals surface area contributed by atoms with Crippen LogP contribution in [0.15, 0.2) is 30.3 Å². The van der Waals surface area contributed by atoms with E-state index in [1.165, 1.54) is 9.75 Å². The molecule has 2 aromatic rings. The molecule has 0 amide bonds. The van der Waals surface area contributed by atoms with Crippen molar-refractivity contribution in [1.29, 1.82) is 0 Å². The second-order valence-corrected chi connectivity index (χ2v) is 5.60. The van der Waals surface area contributed by atoms with E-state index < -0.39 is 0 Å². The van der Waals surface area contributed by atoms with Crippen LogP contribution in [0.1, 0.15) is 21.4 Å². The van der Waals surface area contributed by atoms with Gasteiger partial charge in [-0.3, -0.25) is 0 Å². The Kier molecular flexibility index (Phi) is 4.45. The molecular weight excluding hydrogens is 258 g/mol. The van der Waals surface area contributed by atoms with Gasteiger partial charge in [0, 0.05) is 15.3 Å². The van der Waals surface area contributed by atoms with Gasteiger partial charge >= 0.3 is 0 Å². The summed E-state index contributed by atoms with van der Waals surface area (Å²) in [7, 11) is 5.32. The summed E-state index contributed by atoms with van der Waals surface area (Å²) in [5, 5.41) is 3.35. The molecule has 0 aliphatic rings. The predicted octanol–water partition coefficient (Wildman–Crippen LogP) is 3.38. The van der Waals surface area contributed by atoms with Gasteiger partial charge in [0.15, 0.2) is 0 Å². The molecule has 0 bridgehead atoms. The molecule has 0 saturated carbocycles. The first-order chi connectivity index (χ1) is 9.19. The van der Waals surface area contributed by atoms with E-state index in [2.05, 4.69) is 24.4 Å². The molecule has 1 heterocycles. The molecule has 0 radical (unpaired) electrons. The first-order valence-electron chi connectivity index (χ1n) is 6.15. The average molecular weight is 277 g/mol. The highest BCUT2D eigenvalue weighted by Crippen LogP contribution is 2.35. The largest absolute Gasteiger partial charge is 0.497 e. The van der Waals surface area contributed by atoms with E-state index in [1.54, 1.807) is 25.6 Å². The third-order valence-electron chi connectivity index (χ3n) is 3.08. The lowest BCUT2D eigenvalue weighted by Crippen LogP contribution is -2.17. The summed E-state index contributed by atoms with van der Waals surface area (Å²) < 4.78 is 10.8. The molecule has 0 aliphatic carbocycles. The topological polar surface area (TPSA) is 30.5 Å². The number of ether oxygens (including phenoxy) is 2. The van der Waals surface area contributed by atoms with Crippen LogP contribution < -0.4 is 14.8 Å². The van der Waals surface area contributed by atoms with E-state index in [0.717, 1.165) is 17.1 Å². The van der Waals surface area contributed by atoms with Gasteiger partial charge in [-0.05, 0) is 44.3 Å². The fourth-order valence-electron chi connectivity index (χ4n) is 2.12. The number of thiophene rings is 1. The van der Waals surface area contributed by atoms with Crippen molar-refractivity contribution in [2.45, 2.75) is 13.0 Å². The number of nitrogens with one attached hydrogen (secondary N) is 1. The van der Waals surface area contributed by atoms with Gasteiger partial charge in [-0.1, -0.05) is 0 Å². The van der Waals surface area contributed by atoms with Crippen molar-refractivity contribution >= 4 is 11.3 Å². The van der Waals surface area contributed by atoms with Crippen molar-refractivity contribution in [3.8, 4) is 11.5 Å². The zero-order valence-corrected chi connectivity index (χ0v) is 12.5. The van der Waals surface area contributed by atoms with Gasteiger partial charge in [-0.2, -0.15) is 0 Å². The molecule has 1 aromatic carbocycles. The van der Waals surface area contributed by atoms with E-state index in [4.69, 9.17) is 9.47 Å². The van der Waals surface area contributed by atoms with Crippen LogP contribution in [-0.4, -0.2) is 21.3 Å². The summed E-state index contributed by atoms with van der Waals surface area (Å²) in [4.78, 5) is 2.57. The van der Waals surface area contributed by atoms with Gasteiger partial charge in [0.1, 0.15) is 11.5 Å². The Morgan fingerprint density at radius 2 is 1.89 bits per heavy atom. The van der Waals surface area contributed by atoms with Crippen molar-refractivity contribution < 1.29 is 9.47 Å². The van der Waals surface area contributed by atoms with Crippen LogP contribution in [0.25, 0.3) is 0 Å². The van der Waals surface area contributed by atoms with Crippen LogP contribution in [-0.2, 0) is 0 Å². The maximum absolute atomic E-state index is 5.46. The highest BCUT2D eigenvalue weighted by Gasteiger charge is 2.18. The summed E-state index contributed by atoms with van der Waals surface area (Å²) in [6.45, 7) is 2.11. The zero-order valence-electron chi connectivity index (χ0n) is 11.7. The molecule has 0 aliphatic heterocycles. The molecule has 3 nitrogen and oxygen atoms in total. The van der Waals surface area contributed by atoms with Gasteiger partial charge in [-0.25, -0.2) is 0 Å². The highest BCUT2D eigenvalue weighted by molar-refractivity contribution is 7.12. The van der Waals surface area contributed by atoms with Gasteiger partial charge in [-0.15, -0.1) is 11.3 Å². The second-order valence-electron chi connectivity index (χ2n) is 4.28. The Hall–Kier alpha value is -1.52. The molecule has 102 valence electrons. The molecule has 0 saturated heterocycles. The Balaban J connectivity index is 2.47. The summed E-state index contributed by atoms with van der Waals surface area (Å²) in [5.41, 5.74) is 1.09. The van der Waals surface area contributed by atoms with Crippen LogP contribution >= 0.6 is 11.3 Å². The van der Waals surface area contributed by atoms with E-state index in [1.807, 2.05) is 25.2 Å². The minimum atomic E-state index is 0.115. The first-order valence-corrected chi connectivity index (χ1v) is 6.96. The number of rotatable bonds is 5. The number of methoxy groups -OCH3 is 2. The van der Waals surface area contributed by atoms with Crippen LogP contribution in [0, 0.1) is 6.92 Å². The lowest BCUT2D eigenvalue weighted by Gasteiger charge is -2.19. The van der Waals surface area contributed by atoms with Gasteiger partial charge in [0.2, 0.25) is 0 Å². The fourth-order valence-corrected chi connectivity index (χ4v) is 3.13. The smallest absolute Gasteiger partial charge is 0.124 e. The lowest BCUT2D eigenvalue weighted by molar-refractivity contribution is 0.395. The van der Waals surface area contributed by atoms with Crippen molar-refractivity contribution in [3.63, 3.8) is 0 Å². The summed E-state index contributed by atoms with van der Waals surface area (Å²) >= 11 is 1.79. The first kappa shape index (κ1) is 13.9. The molecule has 1 N–H and O–H groups in total. The van der Waals surface area contributed by atoms with E-state index >= 15 is 0 Å². The highest BCUT2D eigenvalue weighted by atomic mass is 32.1. The van der Waals surface area contributed by atoms with E-state index in [-0.39, 0.29) is 6.04 Å². The molecule has 0 spiro atoms. The third kappa shape index (κ3) is 2.91. The third-order valence-corrected chi connectivity index (χ3v) is 4.15. The predicted molar refractivity (Wildman–Crippen MR) is 79.5 cm³/mol. The van der Waals surface area contributed by atoms with Crippen LogP contribution in [0.3, 0.4) is 0 Å². The molecule has 1 atom stereocenters. The Morgan fingerprint density at radius 3 is 2.42 bits per heavy atom. The summed E-state index contributed by atoms with van der Waals surface area (Å²) in [6.07, 6.45) is 0. The zero-order chi connectivity index (χ0) is 13.8. The van der Waals surface area contributed by atoms with Gasteiger partial charge < -0.3 is 14.8 Å². The molecule has 2 rings (SSSR count). The van der Waals surface area contributed by atoms with Crippen molar-refractivity contribution in [1.82, 2.24) is 5.32 Å². The average Bonchev–Trinajstić information content (AvgIpc) is 2.86. The fraction of sp³-hybridized carbons (Fsp3) is 0.333. The molecule has 19 heavy (non-hydrogen) atoms. The van der Waals surface area contributed by atoms with Crippen LogP contribution in [0.2, 0.25) is 0 Å². The Morgan fingerprint density at radius 1 is 1.11 bits per heavy atom. The Labute approximate surface area is 118 Å². The number of benzene rings is 1. The molecule has 0 fully saturated rings. The normalized spacial score (nSPS) is 12.2. The monoisotopic (exact) mass is 277 g/mol. The molecule has 1 unspecified atom stereocenters. The van der Waals surface area contributed by atoms with Gasteiger partial charge in [0.25, 0.3) is 0 Å². The second kappa shape index (κ2) is 6.08. The van der Waals surface area contributed by atoms with Crippen molar-refractivity contribution in [3.05, 3.63) is 45.6 Å². The summed E-state index contributed by atoms with van der Waals surface area (Å²) in [6, 6.07) is 10.3. The van der Waals surface area contributed by atoms with Gasteiger partial charge in [0.05, 0.1) is 20.3 Å². The van der Waals surface area contributed by atoms with Crippen LogP contribution in [0.4, 0.5) is 0 Å². The SMILES string of the molecule is CNC(c1ccc(C)s1)c1cc(OC)ccc1OC. The Bertz CT molecular complexity index is 551. The van der Waals surface area contributed by atoms with Crippen molar-refractivity contribution in [2.75, 3.05) is 21.3 Å². The minimum absolute atomic E-state index is 0.115. The number of hydrogen-bond donors (Lipinski definition) is 1. The maximum atomic E-state index is 5.46. The number of aryl methyl sites for hydroxylation is 1. The molecule has 1 aromatic heterocycles. The van der Waals surface area contributed by atoms with Crippen LogP contribution in [0.5, 0.6) is 11.5 Å². The number of hydrogen-bond acceptors (Lipinski definition) is 4. The summed E-state index contributed by atoms with van der Waals surface area (Å²) in [5.74, 6) is 1.70.